The van der Waals surface area contributed by atoms with Crippen molar-refractivity contribution in [2.45, 2.75) is 6.18 Å². The van der Waals surface area contributed by atoms with Gasteiger partial charge in [0.15, 0.2) is 5.78 Å². The minimum absolute atomic E-state index is 0.146. The molecule has 0 fully saturated rings. The van der Waals surface area contributed by atoms with Crippen LogP contribution in [0.5, 0.6) is 0 Å². The van der Waals surface area contributed by atoms with E-state index in [2.05, 4.69) is 0 Å². The van der Waals surface area contributed by atoms with Gasteiger partial charge in [-0.2, -0.15) is 13.2 Å². The summed E-state index contributed by atoms with van der Waals surface area (Å²) < 4.78 is 51.3. The summed E-state index contributed by atoms with van der Waals surface area (Å²) in [7, 11) is 0. The first kappa shape index (κ1) is 14.5. The number of alkyl halides is 3. The Bertz CT molecular complexity index is 644. The minimum atomic E-state index is -4.57. The molecular formula is C14H7ClF4O. The first-order valence-electron chi connectivity index (χ1n) is 5.46. The van der Waals surface area contributed by atoms with Crippen molar-refractivity contribution in [2.24, 2.45) is 0 Å². The highest BCUT2D eigenvalue weighted by molar-refractivity contribution is 6.35. The molecule has 0 bridgehead atoms. The SMILES string of the molecule is O=C(c1cccc(C(F)(F)F)c1)c1c(F)cccc1Cl. The van der Waals surface area contributed by atoms with Crippen LogP contribution in [0.3, 0.4) is 0 Å². The van der Waals surface area contributed by atoms with Crippen LogP contribution < -0.4 is 0 Å². The second kappa shape index (κ2) is 5.25. The van der Waals surface area contributed by atoms with Gasteiger partial charge in [-0.15, -0.1) is 0 Å². The van der Waals surface area contributed by atoms with Gasteiger partial charge in [-0.3, -0.25) is 4.79 Å². The van der Waals surface area contributed by atoms with E-state index in [4.69, 9.17) is 11.6 Å². The van der Waals surface area contributed by atoms with Crippen molar-refractivity contribution in [3.05, 3.63) is 70.0 Å². The monoisotopic (exact) mass is 302 g/mol. The van der Waals surface area contributed by atoms with Gasteiger partial charge in [-0.25, -0.2) is 4.39 Å². The van der Waals surface area contributed by atoms with Crippen LogP contribution in [-0.2, 0) is 6.18 Å². The number of benzene rings is 2. The number of carbonyl (C=O) groups is 1. The van der Waals surface area contributed by atoms with Crippen LogP contribution in [0.2, 0.25) is 5.02 Å². The lowest BCUT2D eigenvalue weighted by atomic mass is 10.0. The van der Waals surface area contributed by atoms with Gasteiger partial charge in [-0.1, -0.05) is 29.8 Å². The van der Waals surface area contributed by atoms with Crippen molar-refractivity contribution in [2.75, 3.05) is 0 Å². The third-order valence-electron chi connectivity index (χ3n) is 2.64. The number of halogens is 5. The van der Waals surface area contributed by atoms with E-state index in [1.807, 2.05) is 0 Å². The number of carbonyl (C=O) groups excluding carboxylic acids is 1. The fourth-order valence-corrected chi connectivity index (χ4v) is 1.94. The van der Waals surface area contributed by atoms with Gasteiger partial charge in [-0.05, 0) is 24.3 Å². The van der Waals surface area contributed by atoms with Crippen molar-refractivity contribution in [3.63, 3.8) is 0 Å². The molecule has 0 N–H and O–H groups in total. The van der Waals surface area contributed by atoms with E-state index in [9.17, 15) is 22.4 Å². The Morgan fingerprint density at radius 3 is 2.30 bits per heavy atom. The molecule has 20 heavy (non-hydrogen) atoms. The van der Waals surface area contributed by atoms with Gasteiger partial charge in [0.05, 0.1) is 16.1 Å². The second-order valence-corrected chi connectivity index (χ2v) is 4.41. The van der Waals surface area contributed by atoms with Gasteiger partial charge < -0.3 is 0 Å². The lowest BCUT2D eigenvalue weighted by Crippen LogP contribution is -2.09. The molecule has 0 heterocycles. The maximum atomic E-state index is 13.6. The third-order valence-corrected chi connectivity index (χ3v) is 2.96. The van der Waals surface area contributed by atoms with Crippen LogP contribution in [-0.4, -0.2) is 5.78 Å². The summed E-state index contributed by atoms with van der Waals surface area (Å²) in [6, 6.07) is 7.40. The molecule has 0 aromatic heterocycles. The Labute approximate surface area is 116 Å². The fraction of sp³-hybridized carbons (Fsp3) is 0.0714. The van der Waals surface area contributed by atoms with E-state index in [0.29, 0.717) is 6.07 Å². The summed E-state index contributed by atoms with van der Waals surface area (Å²) in [5.41, 5.74) is -1.68. The maximum absolute atomic E-state index is 13.6. The van der Waals surface area contributed by atoms with Gasteiger partial charge in [0.25, 0.3) is 0 Å². The molecule has 0 atom stereocenters. The van der Waals surface area contributed by atoms with E-state index < -0.39 is 28.9 Å². The van der Waals surface area contributed by atoms with Crippen molar-refractivity contribution >= 4 is 17.4 Å². The Balaban J connectivity index is 2.50. The Morgan fingerprint density at radius 1 is 1.05 bits per heavy atom. The van der Waals surface area contributed by atoms with Gasteiger partial charge in [0, 0.05) is 5.56 Å². The van der Waals surface area contributed by atoms with E-state index in [1.54, 1.807) is 0 Å². The van der Waals surface area contributed by atoms with E-state index in [1.165, 1.54) is 18.2 Å². The highest BCUT2D eigenvalue weighted by Crippen LogP contribution is 2.30. The average molecular weight is 303 g/mol. The van der Waals surface area contributed by atoms with Crippen molar-refractivity contribution in [1.29, 1.82) is 0 Å². The van der Waals surface area contributed by atoms with Crippen LogP contribution >= 0.6 is 11.6 Å². The van der Waals surface area contributed by atoms with Gasteiger partial charge in [0.1, 0.15) is 5.82 Å². The molecule has 0 spiro atoms. The zero-order valence-electron chi connectivity index (χ0n) is 9.84. The first-order chi connectivity index (χ1) is 9.30. The Hall–Kier alpha value is -1.88. The van der Waals surface area contributed by atoms with E-state index in [0.717, 1.165) is 18.2 Å². The normalized spacial score (nSPS) is 11.4. The summed E-state index contributed by atoms with van der Waals surface area (Å²) in [6.07, 6.45) is -4.57. The fourth-order valence-electron chi connectivity index (χ4n) is 1.70. The van der Waals surface area contributed by atoms with Crippen molar-refractivity contribution < 1.29 is 22.4 Å². The maximum Gasteiger partial charge on any atom is 0.416 e. The first-order valence-corrected chi connectivity index (χ1v) is 5.84. The lowest BCUT2D eigenvalue weighted by Gasteiger charge is -2.09. The topological polar surface area (TPSA) is 17.1 Å². The number of ketones is 1. The largest absolute Gasteiger partial charge is 0.416 e. The van der Waals surface area contributed by atoms with Gasteiger partial charge in [0.2, 0.25) is 0 Å². The minimum Gasteiger partial charge on any atom is -0.288 e. The molecule has 2 rings (SSSR count). The van der Waals surface area contributed by atoms with Crippen molar-refractivity contribution in [1.82, 2.24) is 0 Å². The molecule has 2 aromatic rings. The van der Waals surface area contributed by atoms with Crippen molar-refractivity contribution in [3.8, 4) is 0 Å². The zero-order chi connectivity index (χ0) is 14.9. The number of hydrogen-bond acceptors (Lipinski definition) is 1. The Kier molecular flexibility index (Phi) is 3.81. The molecule has 2 aromatic carbocycles. The molecule has 104 valence electrons. The van der Waals surface area contributed by atoms with Crippen LogP contribution in [0.25, 0.3) is 0 Å². The van der Waals surface area contributed by atoms with E-state index in [-0.39, 0.29) is 10.6 Å². The average Bonchev–Trinajstić information content (AvgIpc) is 2.37. The predicted molar refractivity (Wildman–Crippen MR) is 66.3 cm³/mol. The number of hydrogen-bond donors (Lipinski definition) is 0. The quantitative estimate of drug-likeness (QED) is 0.579. The summed E-state index contributed by atoms with van der Waals surface area (Å²) in [4.78, 5) is 12.1. The van der Waals surface area contributed by atoms with Crippen LogP contribution in [0, 0.1) is 5.82 Å². The highest BCUT2D eigenvalue weighted by atomic mass is 35.5. The van der Waals surface area contributed by atoms with Crippen LogP contribution in [0.4, 0.5) is 17.6 Å². The molecule has 0 saturated carbocycles. The third kappa shape index (κ3) is 2.82. The second-order valence-electron chi connectivity index (χ2n) is 4.00. The van der Waals surface area contributed by atoms with Crippen LogP contribution in [0.1, 0.15) is 21.5 Å². The van der Waals surface area contributed by atoms with Gasteiger partial charge >= 0.3 is 6.18 Å². The van der Waals surface area contributed by atoms with E-state index >= 15 is 0 Å². The van der Waals surface area contributed by atoms with Crippen LogP contribution in [0.15, 0.2) is 42.5 Å². The molecule has 0 saturated heterocycles. The predicted octanol–water partition coefficient (Wildman–Crippen LogP) is 4.73. The summed E-state index contributed by atoms with van der Waals surface area (Å²) in [5.74, 6) is -1.76. The molecule has 1 nitrogen and oxygen atoms in total. The lowest BCUT2D eigenvalue weighted by molar-refractivity contribution is -0.137. The molecule has 0 aliphatic carbocycles. The smallest absolute Gasteiger partial charge is 0.288 e. The molecular weight excluding hydrogens is 296 g/mol. The molecule has 0 radical (unpaired) electrons. The summed E-state index contributed by atoms with van der Waals surface area (Å²) in [6.45, 7) is 0. The Morgan fingerprint density at radius 2 is 1.70 bits per heavy atom. The highest BCUT2D eigenvalue weighted by Gasteiger charge is 2.31. The summed E-state index contributed by atoms with van der Waals surface area (Å²) >= 11 is 5.72. The summed E-state index contributed by atoms with van der Waals surface area (Å²) in [5, 5.41) is -0.146. The zero-order valence-corrected chi connectivity index (χ0v) is 10.6. The molecule has 6 heteroatoms. The molecule has 0 unspecified atom stereocenters. The number of rotatable bonds is 2. The molecule has 0 aliphatic heterocycles. The molecule has 0 amide bonds. The molecule has 0 aliphatic rings. The standard InChI is InChI=1S/C14H7ClF4O/c15-10-5-2-6-11(16)12(10)13(20)8-3-1-4-9(7-8)14(17,18)19/h1-7H.